The van der Waals surface area contributed by atoms with Gasteiger partial charge in [0.05, 0.1) is 5.56 Å². The van der Waals surface area contributed by atoms with E-state index in [1.54, 1.807) is 20.8 Å². The molecule has 0 aliphatic heterocycles. The van der Waals surface area contributed by atoms with Crippen molar-refractivity contribution in [2.24, 2.45) is 5.73 Å². The molecule has 1 unspecified atom stereocenters. The Balaban J connectivity index is 2.81. The molecular weight excluding hydrogens is 299 g/mol. The van der Waals surface area contributed by atoms with Crippen LogP contribution in [0.25, 0.3) is 0 Å². The predicted octanol–water partition coefficient (Wildman–Crippen LogP) is 2.49. The van der Waals surface area contributed by atoms with Crippen molar-refractivity contribution in [3.8, 4) is 0 Å². The van der Waals surface area contributed by atoms with E-state index in [4.69, 9.17) is 10.5 Å². The summed E-state index contributed by atoms with van der Waals surface area (Å²) in [5.74, 6) is 0. The average molecular weight is 319 g/mol. The average Bonchev–Trinajstić information content (AvgIpc) is 2.35. The van der Waals surface area contributed by atoms with Crippen molar-refractivity contribution in [1.29, 1.82) is 0 Å². The van der Waals surface area contributed by atoms with Gasteiger partial charge < -0.3 is 15.8 Å². The Hall–Kier alpha value is -1.83. The number of amides is 1. The first-order chi connectivity index (χ1) is 10.0. The van der Waals surface area contributed by atoms with Gasteiger partial charge in [-0.1, -0.05) is 0 Å². The lowest BCUT2D eigenvalue weighted by molar-refractivity contribution is -0.138. The maximum Gasteiger partial charge on any atom is 0.416 e. The molecule has 1 aromatic heterocycles. The van der Waals surface area contributed by atoms with Gasteiger partial charge in [-0.25, -0.2) is 4.79 Å². The van der Waals surface area contributed by atoms with E-state index < -0.39 is 29.5 Å². The summed E-state index contributed by atoms with van der Waals surface area (Å²) in [6, 6.07) is 0.219. The topological polar surface area (TPSA) is 77.2 Å². The molecule has 1 aromatic rings. The van der Waals surface area contributed by atoms with E-state index in [9.17, 15) is 18.0 Å². The monoisotopic (exact) mass is 319 g/mol. The Kier molecular flexibility index (Phi) is 5.76. The third kappa shape index (κ3) is 5.88. The number of alkyl halides is 3. The van der Waals surface area contributed by atoms with Gasteiger partial charge in [0.15, 0.2) is 0 Å². The Morgan fingerprint density at radius 3 is 2.55 bits per heavy atom. The van der Waals surface area contributed by atoms with E-state index in [-0.39, 0.29) is 18.5 Å². The molecule has 0 saturated heterocycles. The van der Waals surface area contributed by atoms with Crippen molar-refractivity contribution >= 4 is 6.09 Å². The van der Waals surface area contributed by atoms with Crippen LogP contribution in [-0.2, 0) is 17.3 Å². The van der Waals surface area contributed by atoms with Crippen LogP contribution < -0.4 is 11.1 Å². The number of nitrogens with zero attached hydrogens (tertiary/aromatic N) is 1. The minimum absolute atomic E-state index is 0.0224. The zero-order chi connectivity index (χ0) is 17.0. The minimum atomic E-state index is -4.48. The lowest BCUT2D eigenvalue weighted by Crippen LogP contribution is -2.44. The molecule has 1 atom stereocenters. The van der Waals surface area contributed by atoms with Crippen LogP contribution in [0.2, 0.25) is 0 Å². The number of aromatic nitrogens is 1. The first-order valence-corrected chi connectivity index (χ1v) is 6.72. The van der Waals surface area contributed by atoms with Crippen molar-refractivity contribution in [1.82, 2.24) is 10.3 Å². The minimum Gasteiger partial charge on any atom is -0.444 e. The van der Waals surface area contributed by atoms with E-state index in [1.165, 1.54) is 0 Å². The van der Waals surface area contributed by atoms with Crippen LogP contribution in [0, 0.1) is 0 Å². The lowest BCUT2D eigenvalue weighted by Gasteiger charge is -2.23. The molecule has 0 aliphatic carbocycles. The molecule has 0 spiro atoms. The number of hydrogen-bond acceptors (Lipinski definition) is 4. The van der Waals surface area contributed by atoms with Gasteiger partial charge in [0.25, 0.3) is 0 Å². The molecule has 0 saturated carbocycles. The third-order valence-corrected chi connectivity index (χ3v) is 2.68. The highest BCUT2D eigenvalue weighted by Gasteiger charge is 2.33. The Morgan fingerprint density at radius 2 is 2.05 bits per heavy atom. The first-order valence-electron chi connectivity index (χ1n) is 6.72. The van der Waals surface area contributed by atoms with Crippen molar-refractivity contribution in [2.75, 3.05) is 6.54 Å². The smallest absolute Gasteiger partial charge is 0.416 e. The quantitative estimate of drug-likeness (QED) is 0.894. The van der Waals surface area contributed by atoms with Gasteiger partial charge in [0.2, 0.25) is 0 Å². The number of pyridine rings is 1. The van der Waals surface area contributed by atoms with E-state index in [2.05, 4.69) is 10.3 Å². The fraction of sp³-hybridized carbons (Fsp3) is 0.571. The second-order valence-corrected chi connectivity index (χ2v) is 5.81. The lowest BCUT2D eigenvalue weighted by atomic mass is 10.0. The molecule has 0 aliphatic rings. The van der Waals surface area contributed by atoms with Crippen LogP contribution in [0.1, 0.15) is 31.9 Å². The number of ether oxygens (including phenoxy) is 1. The van der Waals surface area contributed by atoms with Gasteiger partial charge in [-0.15, -0.1) is 0 Å². The van der Waals surface area contributed by atoms with Crippen LogP contribution in [0.15, 0.2) is 18.5 Å². The number of nitrogens with two attached hydrogens (primary N) is 1. The van der Waals surface area contributed by atoms with Crippen LogP contribution in [0.3, 0.4) is 0 Å². The van der Waals surface area contributed by atoms with Crippen molar-refractivity contribution in [3.05, 3.63) is 29.6 Å². The molecule has 22 heavy (non-hydrogen) atoms. The van der Waals surface area contributed by atoms with Crippen LogP contribution in [-0.4, -0.2) is 29.3 Å². The van der Waals surface area contributed by atoms with E-state index in [0.29, 0.717) is 0 Å². The Labute approximate surface area is 127 Å². The highest BCUT2D eigenvalue weighted by atomic mass is 19.4. The van der Waals surface area contributed by atoms with Crippen LogP contribution in [0.5, 0.6) is 0 Å². The molecule has 1 heterocycles. The van der Waals surface area contributed by atoms with Gasteiger partial charge in [0.1, 0.15) is 5.60 Å². The number of alkyl carbamates (subject to hydrolysis) is 1. The maximum atomic E-state index is 12.9. The summed E-state index contributed by atoms with van der Waals surface area (Å²) in [7, 11) is 0. The molecule has 0 aromatic carbocycles. The number of hydrogen-bond donors (Lipinski definition) is 2. The Bertz CT molecular complexity index is 513. The molecule has 1 rings (SSSR count). The predicted molar refractivity (Wildman–Crippen MR) is 75.2 cm³/mol. The molecule has 1 amide bonds. The Morgan fingerprint density at radius 1 is 1.41 bits per heavy atom. The second-order valence-electron chi connectivity index (χ2n) is 5.81. The van der Waals surface area contributed by atoms with Gasteiger partial charge in [-0.05, 0) is 38.8 Å². The summed E-state index contributed by atoms with van der Waals surface area (Å²) in [5.41, 5.74) is 4.01. The highest BCUT2D eigenvalue weighted by molar-refractivity contribution is 5.68. The molecule has 8 heteroatoms. The third-order valence-electron chi connectivity index (χ3n) is 2.68. The molecule has 0 radical (unpaired) electrons. The zero-order valence-electron chi connectivity index (χ0n) is 12.7. The van der Waals surface area contributed by atoms with E-state index in [1.807, 2.05) is 0 Å². The SMILES string of the molecule is CC(C)(C)OC(=O)NC(CN)Cc1cnccc1C(F)(F)F. The first kappa shape index (κ1) is 18.2. The van der Waals surface area contributed by atoms with Crippen LogP contribution in [0.4, 0.5) is 18.0 Å². The van der Waals surface area contributed by atoms with E-state index in [0.717, 1.165) is 18.5 Å². The van der Waals surface area contributed by atoms with Crippen molar-refractivity contribution in [2.45, 2.75) is 45.0 Å². The van der Waals surface area contributed by atoms with Gasteiger partial charge in [-0.3, -0.25) is 4.98 Å². The highest BCUT2D eigenvalue weighted by Crippen LogP contribution is 2.31. The summed E-state index contributed by atoms with van der Waals surface area (Å²) in [4.78, 5) is 15.4. The number of halogens is 3. The molecule has 124 valence electrons. The normalized spacial score (nSPS) is 13.6. The van der Waals surface area contributed by atoms with Gasteiger partial charge >= 0.3 is 12.3 Å². The van der Waals surface area contributed by atoms with Crippen molar-refractivity contribution < 1.29 is 22.7 Å². The fourth-order valence-corrected chi connectivity index (χ4v) is 1.80. The number of rotatable bonds is 4. The molecule has 0 bridgehead atoms. The summed E-state index contributed by atoms with van der Waals surface area (Å²) in [6.45, 7) is 5.04. The number of carbonyl (C=O) groups is 1. The van der Waals surface area contributed by atoms with E-state index >= 15 is 0 Å². The molecule has 3 N–H and O–H groups in total. The number of nitrogens with one attached hydrogen (secondary N) is 1. The summed E-state index contributed by atoms with van der Waals surface area (Å²) in [6.07, 6.45) is -3.09. The molecule has 5 nitrogen and oxygen atoms in total. The summed E-state index contributed by atoms with van der Waals surface area (Å²) < 4.78 is 43.8. The van der Waals surface area contributed by atoms with Gasteiger partial charge in [-0.2, -0.15) is 13.2 Å². The second kappa shape index (κ2) is 6.95. The van der Waals surface area contributed by atoms with Crippen molar-refractivity contribution in [3.63, 3.8) is 0 Å². The summed E-state index contributed by atoms with van der Waals surface area (Å²) in [5, 5.41) is 2.47. The van der Waals surface area contributed by atoms with Gasteiger partial charge in [0, 0.05) is 25.0 Å². The molecule has 0 fully saturated rings. The maximum absolute atomic E-state index is 12.9. The molecular formula is C14H20F3N3O2. The van der Waals surface area contributed by atoms with Crippen LogP contribution >= 0.6 is 0 Å². The zero-order valence-corrected chi connectivity index (χ0v) is 12.7. The fourth-order valence-electron chi connectivity index (χ4n) is 1.80. The largest absolute Gasteiger partial charge is 0.444 e. The standard InChI is InChI=1S/C14H20F3N3O2/c1-13(2,3)22-12(21)20-10(7-18)6-9-8-19-5-4-11(9)14(15,16)17/h4-5,8,10H,6-7,18H2,1-3H3,(H,20,21). The summed E-state index contributed by atoms with van der Waals surface area (Å²) >= 11 is 0. The number of carbonyl (C=O) groups excluding carboxylic acids is 1.